The van der Waals surface area contributed by atoms with Gasteiger partial charge in [-0.15, -0.1) is 0 Å². The highest BCUT2D eigenvalue weighted by atomic mass is 16.5. The molecule has 1 aliphatic heterocycles. The number of ether oxygens (including phenoxy) is 1. The van der Waals surface area contributed by atoms with E-state index < -0.39 is 11.7 Å². The van der Waals surface area contributed by atoms with Gasteiger partial charge in [0.25, 0.3) is 17.6 Å². The first-order valence-corrected chi connectivity index (χ1v) is 10.1. The molecular formula is C23H22N4O5. The van der Waals surface area contributed by atoms with Gasteiger partial charge in [-0.3, -0.25) is 14.4 Å². The summed E-state index contributed by atoms with van der Waals surface area (Å²) in [5, 5.41) is 12.4. The number of aromatic nitrogens is 1. The summed E-state index contributed by atoms with van der Waals surface area (Å²) in [6.45, 7) is 1.23. The molecule has 32 heavy (non-hydrogen) atoms. The molecule has 164 valence electrons. The summed E-state index contributed by atoms with van der Waals surface area (Å²) in [5.41, 5.74) is 1.84. The van der Waals surface area contributed by atoms with Crippen molar-refractivity contribution in [2.45, 2.75) is 0 Å². The monoisotopic (exact) mass is 434 g/mol. The number of rotatable bonds is 5. The molecular weight excluding hydrogens is 412 g/mol. The molecule has 0 spiro atoms. The SMILES string of the molecule is COc1ccc(C=NO)c2[nH]cc(C(=O)C(=O)N3CCN(C(=O)c4ccccc4)CC3)c12. The molecule has 1 aliphatic rings. The van der Waals surface area contributed by atoms with Crippen molar-refractivity contribution in [1.82, 2.24) is 14.8 Å². The second kappa shape index (κ2) is 8.93. The van der Waals surface area contributed by atoms with Crippen LogP contribution in [0.25, 0.3) is 10.9 Å². The van der Waals surface area contributed by atoms with E-state index in [2.05, 4.69) is 10.1 Å². The molecule has 0 atom stereocenters. The number of Topliss-reactive ketones (excluding diaryl/α,β-unsaturated/α-hetero) is 1. The number of carbonyl (C=O) groups excluding carboxylic acids is 3. The van der Waals surface area contributed by atoms with Crippen LogP contribution >= 0.6 is 0 Å². The fourth-order valence-electron chi connectivity index (χ4n) is 3.89. The van der Waals surface area contributed by atoms with E-state index in [-0.39, 0.29) is 24.6 Å². The van der Waals surface area contributed by atoms with Crippen molar-refractivity contribution in [3.63, 3.8) is 0 Å². The minimum Gasteiger partial charge on any atom is -0.496 e. The molecule has 2 heterocycles. The second-order valence-electron chi connectivity index (χ2n) is 7.33. The number of H-pyrrole nitrogens is 1. The van der Waals surface area contributed by atoms with E-state index in [1.54, 1.807) is 41.3 Å². The fourth-order valence-corrected chi connectivity index (χ4v) is 3.89. The Kier molecular flexibility index (Phi) is 5.89. The molecule has 0 saturated carbocycles. The molecule has 1 fully saturated rings. The lowest BCUT2D eigenvalue weighted by atomic mass is 10.0. The van der Waals surface area contributed by atoms with Crippen LogP contribution in [0.15, 0.2) is 53.8 Å². The Morgan fingerprint density at radius 1 is 1.03 bits per heavy atom. The van der Waals surface area contributed by atoms with Gasteiger partial charge >= 0.3 is 0 Å². The van der Waals surface area contributed by atoms with Gasteiger partial charge in [0, 0.05) is 43.5 Å². The van der Waals surface area contributed by atoms with E-state index in [9.17, 15) is 14.4 Å². The van der Waals surface area contributed by atoms with Crippen molar-refractivity contribution < 1.29 is 24.3 Å². The van der Waals surface area contributed by atoms with Gasteiger partial charge < -0.3 is 24.7 Å². The number of fused-ring (bicyclic) bond motifs is 1. The third-order valence-electron chi connectivity index (χ3n) is 5.56. The van der Waals surface area contributed by atoms with Gasteiger partial charge in [0.05, 0.1) is 29.8 Å². The summed E-state index contributed by atoms with van der Waals surface area (Å²) in [5.74, 6) is -0.981. The predicted octanol–water partition coefficient (Wildman–Crippen LogP) is 2.15. The minimum absolute atomic E-state index is 0.0940. The maximum absolute atomic E-state index is 13.1. The van der Waals surface area contributed by atoms with Crippen molar-refractivity contribution in [2.24, 2.45) is 5.16 Å². The highest BCUT2D eigenvalue weighted by Crippen LogP contribution is 2.31. The molecule has 3 aromatic rings. The lowest BCUT2D eigenvalue weighted by molar-refractivity contribution is -0.127. The van der Waals surface area contributed by atoms with Crippen LogP contribution in [0, 0.1) is 0 Å². The zero-order chi connectivity index (χ0) is 22.7. The van der Waals surface area contributed by atoms with Crippen LogP contribution in [0.1, 0.15) is 26.3 Å². The largest absolute Gasteiger partial charge is 0.496 e. The molecule has 2 amide bonds. The fraction of sp³-hybridized carbons (Fsp3) is 0.217. The van der Waals surface area contributed by atoms with Crippen LogP contribution in [0.5, 0.6) is 5.75 Å². The highest BCUT2D eigenvalue weighted by Gasteiger charge is 2.31. The zero-order valence-electron chi connectivity index (χ0n) is 17.4. The van der Waals surface area contributed by atoms with Gasteiger partial charge in [-0.05, 0) is 24.3 Å². The first kappa shape index (κ1) is 21.1. The van der Waals surface area contributed by atoms with E-state index >= 15 is 0 Å². The summed E-state index contributed by atoms with van der Waals surface area (Å²) < 4.78 is 5.37. The van der Waals surface area contributed by atoms with E-state index in [1.165, 1.54) is 24.4 Å². The smallest absolute Gasteiger partial charge is 0.295 e. The van der Waals surface area contributed by atoms with Gasteiger partial charge in [-0.1, -0.05) is 23.4 Å². The Hall–Kier alpha value is -4.14. The summed E-state index contributed by atoms with van der Waals surface area (Å²) in [4.78, 5) is 44.7. The van der Waals surface area contributed by atoms with Crippen LogP contribution in [-0.4, -0.2) is 77.1 Å². The highest BCUT2D eigenvalue weighted by molar-refractivity contribution is 6.45. The number of methoxy groups -OCH3 is 1. The first-order valence-electron chi connectivity index (χ1n) is 10.1. The lowest BCUT2D eigenvalue weighted by Gasteiger charge is -2.34. The quantitative estimate of drug-likeness (QED) is 0.210. The maximum Gasteiger partial charge on any atom is 0.295 e. The number of amides is 2. The Morgan fingerprint density at radius 2 is 1.72 bits per heavy atom. The van der Waals surface area contributed by atoms with E-state index in [1.807, 2.05) is 6.07 Å². The van der Waals surface area contributed by atoms with E-state index in [0.29, 0.717) is 40.9 Å². The van der Waals surface area contributed by atoms with Gasteiger partial charge in [-0.25, -0.2) is 0 Å². The van der Waals surface area contributed by atoms with Gasteiger partial charge in [0.1, 0.15) is 5.75 Å². The van der Waals surface area contributed by atoms with Crippen molar-refractivity contribution >= 4 is 34.7 Å². The molecule has 9 nitrogen and oxygen atoms in total. The molecule has 0 aliphatic carbocycles. The van der Waals surface area contributed by atoms with Crippen LogP contribution in [0.2, 0.25) is 0 Å². The summed E-state index contributed by atoms with van der Waals surface area (Å²) >= 11 is 0. The molecule has 1 aromatic heterocycles. The standard InChI is InChI=1S/C23H22N4O5/c1-32-18-8-7-16(13-25-31)20-19(18)17(14-24-20)21(28)23(30)27-11-9-26(10-12-27)22(29)15-5-3-2-4-6-15/h2-8,13-14,24,31H,9-12H2,1H3. The van der Waals surface area contributed by atoms with E-state index in [4.69, 9.17) is 9.94 Å². The van der Waals surface area contributed by atoms with Crippen molar-refractivity contribution in [1.29, 1.82) is 0 Å². The number of oxime groups is 1. The number of benzene rings is 2. The van der Waals surface area contributed by atoms with Crippen molar-refractivity contribution in [3.8, 4) is 5.75 Å². The molecule has 0 bridgehead atoms. The molecule has 2 N–H and O–H groups in total. The molecule has 0 unspecified atom stereocenters. The first-order chi connectivity index (χ1) is 15.5. The third-order valence-corrected chi connectivity index (χ3v) is 5.56. The second-order valence-corrected chi connectivity index (χ2v) is 7.33. The summed E-state index contributed by atoms with van der Waals surface area (Å²) in [7, 11) is 1.47. The average Bonchev–Trinajstić information content (AvgIpc) is 3.29. The normalized spacial score (nSPS) is 14.2. The number of nitrogens with zero attached hydrogens (tertiary/aromatic N) is 3. The molecule has 2 aromatic carbocycles. The number of aromatic amines is 1. The summed E-state index contributed by atoms with van der Waals surface area (Å²) in [6, 6.07) is 12.3. The number of nitrogens with one attached hydrogen (secondary N) is 1. The molecule has 9 heteroatoms. The Labute approximate surface area is 183 Å². The van der Waals surface area contributed by atoms with Gasteiger partial charge in [0.15, 0.2) is 0 Å². The third kappa shape index (κ3) is 3.80. The van der Waals surface area contributed by atoms with Crippen LogP contribution in [0.3, 0.4) is 0 Å². The number of piperazine rings is 1. The topological polar surface area (TPSA) is 115 Å². The predicted molar refractivity (Wildman–Crippen MR) is 117 cm³/mol. The van der Waals surface area contributed by atoms with Gasteiger partial charge in [0.2, 0.25) is 0 Å². The van der Waals surface area contributed by atoms with E-state index in [0.717, 1.165) is 0 Å². The van der Waals surface area contributed by atoms with Gasteiger partial charge in [-0.2, -0.15) is 0 Å². The van der Waals surface area contributed by atoms with Crippen LogP contribution < -0.4 is 4.74 Å². The molecule has 0 radical (unpaired) electrons. The lowest BCUT2D eigenvalue weighted by Crippen LogP contribution is -2.52. The van der Waals surface area contributed by atoms with Crippen molar-refractivity contribution in [3.05, 3.63) is 65.4 Å². The van der Waals surface area contributed by atoms with Crippen molar-refractivity contribution in [2.75, 3.05) is 33.3 Å². The zero-order valence-corrected chi connectivity index (χ0v) is 17.4. The number of hydrogen-bond donors (Lipinski definition) is 2. The van der Waals surface area contributed by atoms with Crippen LogP contribution in [0.4, 0.5) is 0 Å². The number of hydrogen-bond acceptors (Lipinski definition) is 6. The molecule has 1 saturated heterocycles. The van der Waals surface area contributed by atoms with Crippen LogP contribution in [-0.2, 0) is 4.79 Å². The molecule has 4 rings (SSSR count). The Bertz CT molecular complexity index is 1190. The number of ketones is 1. The average molecular weight is 434 g/mol. The minimum atomic E-state index is -0.671. The maximum atomic E-state index is 13.1. The Morgan fingerprint density at radius 3 is 2.38 bits per heavy atom. The number of carbonyl (C=O) groups is 3. The summed E-state index contributed by atoms with van der Waals surface area (Å²) in [6.07, 6.45) is 2.69. The Balaban J connectivity index is 1.51.